The minimum Gasteiger partial charge on any atom is -0.457 e. The van der Waals surface area contributed by atoms with Crippen LogP contribution in [0, 0.1) is 11.8 Å². The second-order valence-electron chi connectivity index (χ2n) is 9.27. The van der Waals surface area contributed by atoms with Crippen molar-refractivity contribution in [1.82, 2.24) is 8.61 Å². The largest absolute Gasteiger partial charge is 0.457 e. The van der Waals surface area contributed by atoms with E-state index in [4.69, 9.17) is 4.74 Å². The van der Waals surface area contributed by atoms with Crippen molar-refractivity contribution in [3.05, 3.63) is 48.5 Å². The molecule has 2 fully saturated rings. The Morgan fingerprint density at radius 3 is 1.36 bits per heavy atom. The van der Waals surface area contributed by atoms with Crippen LogP contribution in [0.5, 0.6) is 11.5 Å². The lowest BCUT2D eigenvalue weighted by Crippen LogP contribution is -2.39. The number of benzene rings is 2. The summed E-state index contributed by atoms with van der Waals surface area (Å²) in [6.07, 6.45) is 3.86. The van der Waals surface area contributed by atoms with E-state index < -0.39 is 20.0 Å². The van der Waals surface area contributed by atoms with E-state index in [0.29, 0.717) is 49.5 Å². The fourth-order valence-electron chi connectivity index (χ4n) is 4.52. The Morgan fingerprint density at radius 2 is 1.03 bits per heavy atom. The smallest absolute Gasteiger partial charge is 0.243 e. The summed E-state index contributed by atoms with van der Waals surface area (Å²) in [5.74, 6) is 1.70. The zero-order valence-electron chi connectivity index (χ0n) is 19.2. The van der Waals surface area contributed by atoms with Gasteiger partial charge < -0.3 is 4.74 Å². The van der Waals surface area contributed by atoms with Gasteiger partial charge in [-0.1, -0.05) is 13.8 Å². The molecule has 2 aliphatic heterocycles. The zero-order chi connectivity index (χ0) is 23.6. The zero-order valence-corrected chi connectivity index (χ0v) is 20.8. The monoisotopic (exact) mass is 492 g/mol. The molecule has 9 heteroatoms. The van der Waals surface area contributed by atoms with Crippen LogP contribution in [0.2, 0.25) is 0 Å². The van der Waals surface area contributed by atoms with E-state index in [1.54, 1.807) is 57.1 Å². The van der Waals surface area contributed by atoms with Gasteiger partial charge in [0, 0.05) is 26.2 Å². The molecule has 0 radical (unpaired) electrons. The van der Waals surface area contributed by atoms with Gasteiger partial charge in [-0.25, -0.2) is 16.8 Å². The Balaban J connectivity index is 1.43. The summed E-state index contributed by atoms with van der Waals surface area (Å²) in [6.45, 7) is 6.34. The van der Waals surface area contributed by atoms with Gasteiger partial charge in [0.1, 0.15) is 11.5 Å². The van der Waals surface area contributed by atoms with Crippen LogP contribution in [0.25, 0.3) is 0 Å². The van der Waals surface area contributed by atoms with E-state index in [9.17, 15) is 16.8 Å². The summed E-state index contributed by atoms with van der Waals surface area (Å²) in [6, 6.07) is 12.7. The predicted octanol–water partition coefficient (Wildman–Crippen LogP) is 4.32. The van der Waals surface area contributed by atoms with Crippen LogP contribution in [0.1, 0.15) is 39.5 Å². The van der Waals surface area contributed by atoms with Crippen LogP contribution in [0.3, 0.4) is 0 Å². The molecule has 2 saturated heterocycles. The third-order valence-corrected chi connectivity index (χ3v) is 10.2. The van der Waals surface area contributed by atoms with E-state index in [2.05, 4.69) is 13.8 Å². The van der Waals surface area contributed by atoms with Crippen molar-refractivity contribution in [2.45, 2.75) is 49.3 Å². The minimum atomic E-state index is -3.51. The maximum absolute atomic E-state index is 12.9. The van der Waals surface area contributed by atoms with Crippen molar-refractivity contribution in [2.24, 2.45) is 11.8 Å². The second-order valence-corrected chi connectivity index (χ2v) is 13.1. The van der Waals surface area contributed by atoms with Gasteiger partial charge in [0.05, 0.1) is 9.79 Å². The van der Waals surface area contributed by atoms with Crippen molar-refractivity contribution in [1.29, 1.82) is 0 Å². The van der Waals surface area contributed by atoms with E-state index in [1.165, 1.54) is 0 Å². The highest BCUT2D eigenvalue weighted by atomic mass is 32.2. The first-order valence-corrected chi connectivity index (χ1v) is 14.4. The van der Waals surface area contributed by atoms with Gasteiger partial charge in [0.2, 0.25) is 20.0 Å². The van der Waals surface area contributed by atoms with E-state index >= 15 is 0 Å². The highest BCUT2D eigenvalue weighted by Crippen LogP contribution is 2.29. The Bertz CT molecular complexity index is 1070. The highest BCUT2D eigenvalue weighted by Gasteiger charge is 2.29. The molecule has 180 valence electrons. The van der Waals surface area contributed by atoms with Gasteiger partial charge in [-0.15, -0.1) is 0 Å². The average Bonchev–Trinajstić information content (AvgIpc) is 2.80. The molecule has 0 aliphatic carbocycles. The van der Waals surface area contributed by atoms with E-state index in [1.807, 2.05) is 0 Å². The lowest BCUT2D eigenvalue weighted by Gasteiger charge is -2.30. The molecule has 2 heterocycles. The summed E-state index contributed by atoms with van der Waals surface area (Å²) in [5, 5.41) is 0. The molecule has 0 bridgehead atoms. The lowest BCUT2D eigenvalue weighted by molar-refractivity contribution is 0.281. The third kappa shape index (κ3) is 5.42. The molecule has 0 saturated carbocycles. The van der Waals surface area contributed by atoms with Crippen molar-refractivity contribution < 1.29 is 21.6 Å². The van der Waals surface area contributed by atoms with E-state index in [0.717, 1.165) is 25.7 Å². The van der Waals surface area contributed by atoms with Crippen LogP contribution >= 0.6 is 0 Å². The topological polar surface area (TPSA) is 84.0 Å². The normalized spacial score (nSPS) is 23.3. The summed E-state index contributed by atoms with van der Waals surface area (Å²) >= 11 is 0. The quantitative estimate of drug-likeness (QED) is 0.600. The van der Waals surface area contributed by atoms with Gasteiger partial charge in [-0.2, -0.15) is 8.61 Å². The maximum atomic E-state index is 12.9. The van der Waals surface area contributed by atoms with E-state index in [-0.39, 0.29) is 9.79 Å². The van der Waals surface area contributed by atoms with Gasteiger partial charge >= 0.3 is 0 Å². The molecule has 0 aromatic heterocycles. The van der Waals surface area contributed by atoms with Gasteiger partial charge in [0.25, 0.3) is 0 Å². The minimum absolute atomic E-state index is 0.251. The molecule has 0 spiro atoms. The third-order valence-electron chi connectivity index (χ3n) is 6.40. The number of nitrogens with zero attached hydrogens (tertiary/aromatic N) is 2. The molecule has 2 aromatic rings. The van der Waals surface area contributed by atoms with Gasteiger partial charge in [-0.3, -0.25) is 0 Å². The van der Waals surface area contributed by atoms with Crippen molar-refractivity contribution in [2.75, 3.05) is 26.2 Å². The Kier molecular flexibility index (Phi) is 7.14. The number of ether oxygens (including phenoxy) is 1. The van der Waals surface area contributed by atoms with Crippen molar-refractivity contribution in [3.63, 3.8) is 0 Å². The number of hydrogen-bond acceptors (Lipinski definition) is 5. The molecule has 2 aromatic carbocycles. The Hall–Kier alpha value is -1.94. The highest BCUT2D eigenvalue weighted by molar-refractivity contribution is 7.89. The Morgan fingerprint density at radius 1 is 0.667 bits per heavy atom. The van der Waals surface area contributed by atoms with Crippen LogP contribution in [-0.4, -0.2) is 51.6 Å². The molecular formula is C24H32N2O5S2. The lowest BCUT2D eigenvalue weighted by atomic mass is 10.0. The molecule has 33 heavy (non-hydrogen) atoms. The maximum Gasteiger partial charge on any atom is 0.243 e. The molecule has 4 rings (SSSR count). The average molecular weight is 493 g/mol. The van der Waals surface area contributed by atoms with Gasteiger partial charge in [-0.05, 0) is 86.1 Å². The molecule has 2 atom stereocenters. The summed E-state index contributed by atoms with van der Waals surface area (Å²) in [5.41, 5.74) is 0. The first-order chi connectivity index (χ1) is 15.7. The van der Waals surface area contributed by atoms with Crippen molar-refractivity contribution in [3.8, 4) is 11.5 Å². The molecular weight excluding hydrogens is 460 g/mol. The summed E-state index contributed by atoms with van der Waals surface area (Å²) in [7, 11) is -7.03. The molecule has 2 aliphatic rings. The second kappa shape index (κ2) is 9.74. The molecule has 0 amide bonds. The first-order valence-electron chi connectivity index (χ1n) is 11.5. The molecule has 7 nitrogen and oxygen atoms in total. The van der Waals surface area contributed by atoms with Crippen molar-refractivity contribution >= 4 is 20.0 Å². The fourth-order valence-corrected chi connectivity index (χ4v) is 7.72. The first kappa shape index (κ1) is 24.2. The van der Waals surface area contributed by atoms with Crippen LogP contribution < -0.4 is 4.74 Å². The van der Waals surface area contributed by atoms with Crippen LogP contribution in [0.4, 0.5) is 0 Å². The van der Waals surface area contributed by atoms with Gasteiger partial charge in [0.15, 0.2) is 0 Å². The summed E-state index contributed by atoms with van der Waals surface area (Å²) < 4.78 is 60.6. The van der Waals surface area contributed by atoms with Crippen LogP contribution in [0.15, 0.2) is 58.3 Å². The number of rotatable bonds is 6. The van der Waals surface area contributed by atoms with Crippen LogP contribution in [-0.2, 0) is 20.0 Å². The number of hydrogen-bond donors (Lipinski definition) is 0. The standard InChI is InChI=1S/C24H32N2O5S2/c1-19-5-3-15-25(17-19)32(27,28)23-11-7-21(8-12-23)31-22-9-13-24(14-10-22)33(29,30)26-16-4-6-20(2)18-26/h7-14,19-20H,3-6,15-18H2,1-2H3/t19-,20-/m1/s1. The molecule has 0 unspecified atom stereocenters. The predicted molar refractivity (Wildman–Crippen MR) is 127 cm³/mol. The number of sulfonamides is 2. The molecule has 0 N–H and O–H groups in total. The Labute approximate surface area is 197 Å². The fraction of sp³-hybridized carbons (Fsp3) is 0.500. The number of piperidine rings is 2. The summed E-state index contributed by atoms with van der Waals surface area (Å²) in [4.78, 5) is 0.502. The SMILES string of the molecule is C[C@@H]1CCCN(S(=O)(=O)c2ccc(Oc3ccc(S(=O)(=O)N4CCC[C@@H](C)C4)cc3)cc2)C1.